The molecular weight excluding hydrogens is 592 g/mol. The molecule has 2 aromatic carbocycles. The number of aromatic nitrogens is 1. The standard InChI is InChI=1S/C30H22N4O11/c1-10(35)31-9-16(37)34-32-8-13-6-12-5-11-3-4-30(22(11)26(41)17(12)29(44)33-13)27(42)20-21(28(30)43)25(40)19-18(24(20)39)14(36)7-15(45-2)23(19)38/h5-8,39-41H,3-4,9H2,1-2H3,(H,31,35)(H,33,44)(H,34,37)/b32-8+. The highest BCUT2D eigenvalue weighted by Crippen LogP contribution is 2.57. The molecule has 2 amide bonds. The number of pyridine rings is 1. The Bertz CT molecular complexity index is 2110. The Hall–Kier alpha value is -6.12. The molecule has 1 heterocycles. The molecular formula is C30H22N4O11. The second kappa shape index (κ2) is 9.97. The number of aryl methyl sites for hydroxylation is 1. The summed E-state index contributed by atoms with van der Waals surface area (Å²) in [7, 11) is 1.12. The number of hydrogen-bond acceptors (Lipinski definition) is 12. The molecule has 6 N–H and O–H groups in total. The predicted molar refractivity (Wildman–Crippen MR) is 153 cm³/mol. The van der Waals surface area contributed by atoms with Crippen molar-refractivity contribution >= 4 is 51.9 Å². The number of carbonyl (C=O) groups is 6. The summed E-state index contributed by atoms with van der Waals surface area (Å²) in [4.78, 5) is 92.2. The van der Waals surface area contributed by atoms with Gasteiger partial charge in [0.15, 0.2) is 23.1 Å². The second-order valence-electron chi connectivity index (χ2n) is 10.6. The molecule has 15 heteroatoms. The van der Waals surface area contributed by atoms with Crippen molar-refractivity contribution in [2.45, 2.75) is 25.2 Å². The van der Waals surface area contributed by atoms with Crippen LogP contribution in [0.25, 0.3) is 10.8 Å². The van der Waals surface area contributed by atoms with E-state index in [1.807, 2.05) is 0 Å². The zero-order chi connectivity index (χ0) is 32.5. The van der Waals surface area contributed by atoms with Crippen LogP contribution in [-0.2, 0) is 26.2 Å². The van der Waals surface area contributed by atoms with Crippen molar-refractivity contribution in [3.05, 3.63) is 73.4 Å². The van der Waals surface area contributed by atoms with Crippen LogP contribution in [0.3, 0.4) is 0 Å². The molecule has 45 heavy (non-hydrogen) atoms. The number of benzene rings is 2. The Kier molecular flexibility index (Phi) is 6.42. The van der Waals surface area contributed by atoms with Gasteiger partial charge in [-0.25, -0.2) is 5.43 Å². The summed E-state index contributed by atoms with van der Waals surface area (Å²) in [6, 6.07) is 2.93. The largest absolute Gasteiger partial charge is 0.507 e. The third-order valence-electron chi connectivity index (χ3n) is 8.15. The number of phenolic OH excluding ortho intramolecular Hbond substituents is 3. The molecule has 0 aliphatic heterocycles. The van der Waals surface area contributed by atoms with E-state index in [1.54, 1.807) is 0 Å². The molecule has 0 radical (unpaired) electrons. The van der Waals surface area contributed by atoms with Crippen LogP contribution in [0.15, 0.2) is 33.9 Å². The number of amides is 2. The van der Waals surface area contributed by atoms with E-state index in [0.29, 0.717) is 5.56 Å². The van der Waals surface area contributed by atoms with E-state index >= 15 is 0 Å². The number of Topliss-reactive ketones (excluding diaryl/α,β-unsaturated/α-hetero) is 3. The molecule has 15 nitrogen and oxygen atoms in total. The Balaban J connectivity index is 1.44. The van der Waals surface area contributed by atoms with Crippen LogP contribution in [0.1, 0.15) is 71.6 Å². The summed E-state index contributed by atoms with van der Waals surface area (Å²) in [5.74, 6) is -8.05. The number of allylic oxidation sites excluding steroid dienone is 2. The topological polar surface area (TPSA) is 242 Å². The second-order valence-corrected chi connectivity index (χ2v) is 10.6. The van der Waals surface area contributed by atoms with Gasteiger partial charge in [0.1, 0.15) is 22.7 Å². The molecule has 0 fully saturated rings. The number of rotatable bonds is 5. The van der Waals surface area contributed by atoms with Crippen LogP contribution in [0.2, 0.25) is 0 Å². The summed E-state index contributed by atoms with van der Waals surface area (Å²) < 4.78 is 4.90. The molecule has 0 saturated heterocycles. The lowest BCUT2D eigenvalue weighted by atomic mass is 9.76. The Labute approximate surface area is 251 Å². The summed E-state index contributed by atoms with van der Waals surface area (Å²) in [5.41, 5.74) is -3.25. The van der Waals surface area contributed by atoms with E-state index in [-0.39, 0.29) is 41.4 Å². The molecule has 1 atom stereocenters. The van der Waals surface area contributed by atoms with E-state index in [4.69, 9.17) is 4.74 Å². The maximum Gasteiger partial charge on any atom is 0.260 e. The minimum atomic E-state index is -2.16. The van der Waals surface area contributed by atoms with Gasteiger partial charge in [-0.05, 0) is 29.9 Å². The van der Waals surface area contributed by atoms with Crippen molar-refractivity contribution in [3.8, 4) is 17.2 Å². The van der Waals surface area contributed by atoms with Crippen LogP contribution >= 0.6 is 0 Å². The number of ketones is 4. The van der Waals surface area contributed by atoms with Gasteiger partial charge in [-0.3, -0.25) is 33.6 Å². The average Bonchev–Trinajstić information content (AvgIpc) is 3.48. The van der Waals surface area contributed by atoms with E-state index < -0.39 is 91.2 Å². The van der Waals surface area contributed by atoms with Gasteiger partial charge in [-0.1, -0.05) is 6.07 Å². The lowest BCUT2D eigenvalue weighted by Gasteiger charge is -2.22. The highest BCUT2D eigenvalue weighted by molar-refractivity contribution is 6.38. The number of H-pyrrole nitrogens is 1. The van der Waals surface area contributed by atoms with Crippen molar-refractivity contribution in [2.24, 2.45) is 5.10 Å². The zero-order valence-corrected chi connectivity index (χ0v) is 23.5. The van der Waals surface area contributed by atoms with Gasteiger partial charge in [0.2, 0.25) is 11.7 Å². The number of methoxy groups -OCH3 is 1. The van der Waals surface area contributed by atoms with Crippen molar-refractivity contribution in [3.63, 3.8) is 0 Å². The lowest BCUT2D eigenvalue weighted by molar-refractivity contribution is -0.125. The average molecular weight is 615 g/mol. The van der Waals surface area contributed by atoms with E-state index in [9.17, 15) is 48.9 Å². The quantitative estimate of drug-likeness (QED) is 0.0994. The van der Waals surface area contributed by atoms with Crippen molar-refractivity contribution in [2.75, 3.05) is 13.7 Å². The molecule has 0 bridgehead atoms. The Morgan fingerprint density at radius 1 is 1.00 bits per heavy atom. The van der Waals surface area contributed by atoms with Crippen LogP contribution in [0.5, 0.6) is 17.2 Å². The minimum absolute atomic E-state index is 0.0637. The maximum absolute atomic E-state index is 14.1. The van der Waals surface area contributed by atoms with Crippen molar-refractivity contribution in [1.29, 1.82) is 0 Å². The van der Waals surface area contributed by atoms with Gasteiger partial charge in [0.05, 0.1) is 53.2 Å². The van der Waals surface area contributed by atoms with E-state index in [1.165, 1.54) is 19.1 Å². The molecule has 3 aliphatic rings. The fourth-order valence-electron chi connectivity index (χ4n) is 6.25. The van der Waals surface area contributed by atoms with Gasteiger partial charge >= 0.3 is 0 Å². The molecule has 6 rings (SSSR count). The van der Waals surface area contributed by atoms with E-state index in [0.717, 1.165) is 19.4 Å². The van der Waals surface area contributed by atoms with Crippen LogP contribution in [-0.4, -0.2) is 75.1 Å². The first-order valence-electron chi connectivity index (χ1n) is 13.4. The molecule has 1 unspecified atom stereocenters. The predicted octanol–water partition coefficient (Wildman–Crippen LogP) is 0.404. The van der Waals surface area contributed by atoms with Crippen LogP contribution in [0, 0.1) is 0 Å². The maximum atomic E-state index is 14.1. The number of carbonyl (C=O) groups excluding carboxylic acids is 6. The SMILES string of the molecule is COC1=CC(=O)c2c(O)c3c(c(O)c2C1=O)C(=O)C1(CCc2cc4cc(/C=N/NC(=O)CNC(C)=O)[nH]c(=O)c4c(O)c21)C3=O. The summed E-state index contributed by atoms with van der Waals surface area (Å²) in [6.07, 6.45) is 1.77. The summed E-state index contributed by atoms with van der Waals surface area (Å²) in [5, 5.41) is 39.6. The summed E-state index contributed by atoms with van der Waals surface area (Å²) >= 11 is 0. The molecule has 228 valence electrons. The van der Waals surface area contributed by atoms with Crippen molar-refractivity contribution < 1.29 is 48.8 Å². The van der Waals surface area contributed by atoms with Crippen LogP contribution < -0.4 is 16.3 Å². The fourth-order valence-corrected chi connectivity index (χ4v) is 6.25. The van der Waals surface area contributed by atoms with Crippen molar-refractivity contribution in [1.82, 2.24) is 15.7 Å². The smallest absolute Gasteiger partial charge is 0.260 e. The highest BCUT2D eigenvalue weighted by atomic mass is 16.5. The normalized spacial score (nSPS) is 18.3. The first-order valence-corrected chi connectivity index (χ1v) is 13.4. The van der Waals surface area contributed by atoms with E-state index in [2.05, 4.69) is 20.8 Å². The molecule has 1 spiro atoms. The minimum Gasteiger partial charge on any atom is -0.507 e. The monoisotopic (exact) mass is 614 g/mol. The molecule has 1 aromatic heterocycles. The highest BCUT2D eigenvalue weighted by Gasteiger charge is 2.61. The number of hydrazone groups is 1. The third-order valence-corrected chi connectivity index (χ3v) is 8.15. The number of hydrogen-bond donors (Lipinski definition) is 6. The van der Waals surface area contributed by atoms with Gasteiger partial charge in [-0.15, -0.1) is 0 Å². The fraction of sp³-hybridized carbons (Fsp3) is 0.200. The van der Waals surface area contributed by atoms with Gasteiger partial charge in [0.25, 0.3) is 11.5 Å². The number of phenols is 3. The zero-order valence-electron chi connectivity index (χ0n) is 23.5. The Morgan fingerprint density at radius 3 is 2.31 bits per heavy atom. The lowest BCUT2D eigenvalue weighted by Crippen LogP contribution is -2.36. The summed E-state index contributed by atoms with van der Waals surface area (Å²) in [6.45, 7) is 0.918. The number of aromatic hydroxyl groups is 3. The first-order chi connectivity index (χ1) is 21.3. The number of aromatic amines is 1. The molecule has 0 saturated carbocycles. The Morgan fingerprint density at radius 2 is 1.67 bits per heavy atom. The number of ether oxygens (including phenoxy) is 1. The number of nitrogens with zero attached hydrogens (tertiary/aromatic N) is 1. The third kappa shape index (κ3) is 3.97. The first kappa shape index (κ1) is 29.0. The van der Waals surface area contributed by atoms with Crippen LogP contribution in [0.4, 0.5) is 0 Å². The number of nitrogens with one attached hydrogen (secondary N) is 3. The molecule has 3 aromatic rings. The van der Waals surface area contributed by atoms with Gasteiger partial charge in [0, 0.05) is 18.6 Å². The number of fused-ring (bicyclic) bond motifs is 5. The van der Waals surface area contributed by atoms with Gasteiger partial charge < -0.3 is 30.4 Å². The molecule has 3 aliphatic carbocycles. The van der Waals surface area contributed by atoms with Gasteiger partial charge in [-0.2, -0.15) is 5.10 Å².